The van der Waals surface area contributed by atoms with Gasteiger partial charge in [-0.15, -0.1) is 0 Å². The lowest BCUT2D eigenvalue weighted by Crippen LogP contribution is -2.54. The molecule has 0 unspecified atom stereocenters. The van der Waals surface area contributed by atoms with Crippen LogP contribution < -0.4 is 0 Å². The molecule has 622 valence electrons. The van der Waals surface area contributed by atoms with E-state index in [0.717, 1.165) is 193 Å². The van der Waals surface area contributed by atoms with Gasteiger partial charge in [0.25, 0.3) is 0 Å². The summed E-state index contributed by atoms with van der Waals surface area (Å²) in [5.74, 6) is -3.06. The van der Waals surface area contributed by atoms with Gasteiger partial charge in [0.15, 0.2) is 30.7 Å². The van der Waals surface area contributed by atoms with Crippen LogP contribution in [0.2, 0.25) is 0 Å². The predicted molar refractivity (Wildman–Crippen MR) is 454 cm³/mol. The van der Waals surface area contributed by atoms with Crippen molar-refractivity contribution >= 4 is 36.1 Å². The normalized spacial score (nSPS) is 13.0. The zero-order valence-corrected chi connectivity index (χ0v) is 70.9. The van der Waals surface area contributed by atoms with E-state index in [0.29, 0.717) is 38.4 Å². The smallest absolute Gasteiger partial charge is 0.306 e. The molecule has 0 aliphatic carbocycles. The third-order valence-electron chi connectivity index (χ3n) is 20.9. The third kappa shape index (κ3) is 75.5. The van der Waals surface area contributed by atoms with Crippen molar-refractivity contribution in [3.05, 3.63) is 60.8 Å². The molecule has 0 aliphatic heterocycles. The zero-order chi connectivity index (χ0) is 77.7. The topological polar surface area (TPSA) is 149 Å². The molecule has 0 saturated carbocycles. The molecule has 0 fully saturated rings. The first-order chi connectivity index (χ1) is 52.7. The molecule has 107 heavy (non-hydrogen) atoms. The van der Waals surface area contributed by atoms with Crippen LogP contribution in [0.25, 0.3) is 0 Å². The Morgan fingerprint density at radius 1 is 0.215 bits per heavy atom. The molecule has 0 bridgehead atoms. The summed E-state index contributed by atoms with van der Waals surface area (Å²) in [6, 6.07) is 0. The largest absolute Gasteiger partial charge is 0.462 e. The van der Waals surface area contributed by atoms with Crippen molar-refractivity contribution in [2.45, 2.75) is 508 Å². The molecule has 0 radical (unpaired) electrons. The quantitative estimate of drug-likeness (QED) is 0.0188. The van der Waals surface area contributed by atoms with E-state index in [4.69, 9.17) is 23.7 Å². The van der Waals surface area contributed by atoms with E-state index in [1.165, 1.54) is 193 Å². The molecule has 0 aromatic rings. The monoisotopic (exact) mass is 1500 g/mol. The van der Waals surface area contributed by atoms with Crippen molar-refractivity contribution in [3.63, 3.8) is 0 Å². The first-order valence-electron chi connectivity index (χ1n) is 46.3. The molecule has 0 aromatic heterocycles. The van der Waals surface area contributed by atoms with Gasteiger partial charge in [0, 0.05) is 32.1 Å². The summed E-state index contributed by atoms with van der Waals surface area (Å²) in [6.45, 7) is 10.7. The van der Waals surface area contributed by atoms with Crippen molar-refractivity contribution in [1.82, 2.24) is 0 Å². The van der Waals surface area contributed by atoms with Gasteiger partial charge in [-0.2, -0.15) is 0 Å². The molecule has 0 N–H and O–H groups in total. The second-order valence-corrected chi connectivity index (χ2v) is 31.4. The predicted octanol–water partition coefficient (Wildman–Crippen LogP) is 29.6. The standard InChI is InChI=1S/C96H172O11/c1-6-11-16-21-26-31-36-41-46-51-56-61-66-71-76-81-90(98)103-87-89(105-92(100)83-78-73-68-63-58-53-48-43-38-33-28-23-18-13-8-3)96(107-94(102)85-80-75-70-65-60-55-50-45-40-35-30-25-20-15-10-5)95(106-93(101)84-79-74-69-64-59-54-49-44-39-34-29-24-19-14-9-4)88(86-97)104-91(99)82-77-72-67-62-57-52-47-42-37-32-27-22-17-12-7-2/h41-50,86,88-89,95-96H,6-40,51-85,87H2,1-5H3/b46-41-,47-42-,48-43-,49-44-,50-45-/t88-,89+,95+,96-/m0/s1. The van der Waals surface area contributed by atoms with Gasteiger partial charge in [-0.3, -0.25) is 28.8 Å². The highest BCUT2D eigenvalue weighted by molar-refractivity contribution is 5.75. The van der Waals surface area contributed by atoms with E-state index in [9.17, 15) is 28.8 Å². The number of aldehydes is 1. The first kappa shape index (κ1) is 103. The number of allylic oxidation sites excluding steroid dienone is 10. The molecule has 0 saturated heterocycles. The number of carbonyl (C=O) groups is 6. The highest BCUT2D eigenvalue weighted by Gasteiger charge is 2.45. The number of carbonyl (C=O) groups excluding carboxylic acids is 6. The Labute approximate surface area is 660 Å². The summed E-state index contributed by atoms with van der Waals surface area (Å²) in [7, 11) is 0. The fraction of sp³-hybridized carbons (Fsp3) is 0.833. The lowest BCUT2D eigenvalue weighted by atomic mass is 10.0. The van der Waals surface area contributed by atoms with Crippen LogP contribution in [0.4, 0.5) is 0 Å². The molecular weight excluding hydrogens is 1330 g/mol. The average Bonchev–Trinajstić information content (AvgIpc) is 0.826. The Bertz CT molecular complexity index is 2110. The van der Waals surface area contributed by atoms with Crippen LogP contribution in [0.1, 0.15) is 484 Å². The number of unbranched alkanes of at least 4 members (excludes halogenated alkanes) is 55. The molecule has 0 rings (SSSR count). The van der Waals surface area contributed by atoms with Crippen LogP contribution in [0.5, 0.6) is 0 Å². The van der Waals surface area contributed by atoms with Crippen molar-refractivity contribution < 1.29 is 52.5 Å². The van der Waals surface area contributed by atoms with Gasteiger partial charge in [0.2, 0.25) is 0 Å². The maximum absolute atomic E-state index is 14.4. The Hall–Kier alpha value is -4.28. The van der Waals surface area contributed by atoms with Gasteiger partial charge in [0.1, 0.15) is 6.61 Å². The Kier molecular flexibility index (Phi) is 82.3. The Balaban J connectivity index is 6.75. The fourth-order valence-electron chi connectivity index (χ4n) is 13.9. The van der Waals surface area contributed by atoms with E-state index in [1.54, 1.807) is 0 Å². The van der Waals surface area contributed by atoms with Crippen LogP contribution in [0, 0.1) is 0 Å². The SMILES string of the molecule is CCCCCCCC/C=C\CCCCCCCC(=O)OC[C@@H](OC(=O)CCCCCCC/C=C\CCCCCCCC)[C@H](OC(=O)CCCCCCC/C=C\CCCCCCCC)[C@H](OC(=O)CCCCCCC/C=C\CCCCCCCC)[C@H](C=O)OC(=O)CCCCCCC/C=C\CCCCCCCC. The molecular formula is C96H172O11. The fourth-order valence-corrected chi connectivity index (χ4v) is 13.9. The average molecular weight is 1500 g/mol. The highest BCUT2D eigenvalue weighted by Crippen LogP contribution is 2.25. The maximum Gasteiger partial charge on any atom is 0.306 e. The molecule has 4 atom stereocenters. The lowest BCUT2D eigenvalue weighted by Gasteiger charge is -2.34. The minimum Gasteiger partial charge on any atom is -0.462 e. The number of ether oxygens (including phenoxy) is 5. The van der Waals surface area contributed by atoms with Crippen LogP contribution in [-0.4, -0.2) is 67.2 Å². The summed E-state index contributed by atoms with van der Waals surface area (Å²) >= 11 is 0. The van der Waals surface area contributed by atoms with E-state index in [-0.39, 0.29) is 32.1 Å². The number of esters is 5. The molecule has 0 heterocycles. The van der Waals surface area contributed by atoms with Gasteiger partial charge in [-0.25, -0.2) is 0 Å². The lowest BCUT2D eigenvalue weighted by molar-refractivity contribution is -0.204. The summed E-state index contributed by atoms with van der Waals surface area (Å²) in [5, 5.41) is 0. The minimum absolute atomic E-state index is 0.00353. The first-order valence-corrected chi connectivity index (χ1v) is 46.3. The summed E-state index contributed by atoms with van der Waals surface area (Å²) in [6.07, 6.45) is 88.8. The van der Waals surface area contributed by atoms with Crippen LogP contribution in [-0.2, 0) is 52.5 Å². The Morgan fingerprint density at radius 3 is 0.636 bits per heavy atom. The van der Waals surface area contributed by atoms with Crippen molar-refractivity contribution in [1.29, 1.82) is 0 Å². The summed E-state index contributed by atoms with van der Waals surface area (Å²) < 4.78 is 30.9. The molecule has 0 amide bonds. The zero-order valence-electron chi connectivity index (χ0n) is 70.9. The van der Waals surface area contributed by atoms with Gasteiger partial charge in [-0.1, -0.05) is 352 Å². The second-order valence-electron chi connectivity index (χ2n) is 31.4. The van der Waals surface area contributed by atoms with Crippen LogP contribution in [0.15, 0.2) is 60.8 Å². The molecule has 11 heteroatoms. The number of rotatable bonds is 85. The summed E-state index contributed by atoms with van der Waals surface area (Å²) in [5.41, 5.74) is 0. The van der Waals surface area contributed by atoms with Crippen LogP contribution in [0.3, 0.4) is 0 Å². The maximum atomic E-state index is 14.4. The van der Waals surface area contributed by atoms with E-state index < -0.39 is 60.9 Å². The van der Waals surface area contributed by atoms with Crippen molar-refractivity contribution in [2.24, 2.45) is 0 Å². The number of hydrogen-bond donors (Lipinski definition) is 0. The molecule has 0 aliphatic rings. The minimum atomic E-state index is -1.72. The van der Waals surface area contributed by atoms with E-state index >= 15 is 0 Å². The van der Waals surface area contributed by atoms with Gasteiger partial charge in [-0.05, 0) is 161 Å². The molecule has 0 aromatic carbocycles. The van der Waals surface area contributed by atoms with Crippen molar-refractivity contribution in [2.75, 3.05) is 6.61 Å². The molecule has 11 nitrogen and oxygen atoms in total. The third-order valence-corrected chi connectivity index (χ3v) is 20.9. The van der Waals surface area contributed by atoms with Crippen molar-refractivity contribution in [3.8, 4) is 0 Å². The molecule has 0 spiro atoms. The van der Waals surface area contributed by atoms with Gasteiger partial charge < -0.3 is 23.7 Å². The van der Waals surface area contributed by atoms with Crippen LogP contribution >= 0.6 is 0 Å². The second kappa shape index (κ2) is 85.7. The van der Waals surface area contributed by atoms with E-state index in [1.807, 2.05) is 0 Å². The summed E-state index contributed by atoms with van der Waals surface area (Å²) in [4.78, 5) is 84.2. The Morgan fingerprint density at radius 2 is 0.402 bits per heavy atom. The highest BCUT2D eigenvalue weighted by atomic mass is 16.6. The van der Waals surface area contributed by atoms with Gasteiger partial charge >= 0.3 is 29.8 Å². The number of hydrogen-bond acceptors (Lipinski definition) is 11. The van der Waals surface area contributed by atoms with E-state index in [2.05, 4.69) is 95.4 Å². The van der Waals surface area contributed by atoms with Gasteiger partial charge in [0.05, 0.1) is 0 Å².